The Kier molecular flexibility index (Phi) is 4.35. The number of aryl methyl sites for hydroxylation is 2. The van der Waals surface area contributed by atoms with Crippen molar-refractivity contribution in [2.45, 2.75) is 46.0 Å². The third kappa shape index (κ3) is 3.47. The summed E-state index contributed by atoms with van der Waals surface area (Å²) >= 11 is 0. The smallest absolute Gasteiger partial charge is 0.234 e. The largest absolute Gasteiger partial charge is 0.507 e. The molecule has 18 heavy (non-hydrogen) atoms. The molecule has 4 heteroatoms. The molecule has 0 aliphatic heterocycles. The minimum Gasteiger partial charge on any atom is -0.507 e. The first-order valence-electron chi connectivity index (χ1n) is 6.08. The van der Waals surface area contributed by atoms with Crippen molar-refractivity contribution in [1.29, 1.82) is 0 Å². The van der Waals surface area contributed by atoms with Gasteiger partial charge in [-0.1, -0.05) is 32.9 Å². The highest BCUT2D eigenvalue weighted by Gasteiger charge is 2.20. The van der Waals surface area contributed by atoms with Crippen molar-refractivity contribution in [3.8, 4) is 5.75 Å². The quantitative estimate of drug-likeness (QED) is 0.436. The standard InChI is InChI=1S/C14H22N2O2/c1-9-7-10(5-6-12(17)16-15)8-11(13(9)18)14(2,3)4/h7-8,18H,5-6,15H2,1-4H3,(H,16,17). The van der Waals surface area contributed by atoms with Crippen LogP contribution in [-0.2, 0) is 16.6 Å². The number of carbonyl (C=O) groups excluding carboxylic acids is 1. The summed E-state index contributed by atoms with van der Waals surface area (Å²) in [7, 11) is 0. The van der Waals surface area contributed by atoms with E-state index < -0.39 is 0 Å². The Bertz CT molecular complexity index is 448. The summed E-state index contributed by atoms with van der Waals surface area (Å²) in [5.74, 6) is 5.21. The van der Waals surface area contributed by atoms with Crippen LogP contribution >= 0.6 is 0 Å². The number of phenols is 1. The van der Waals surface area contributed by atoms with E-state index in [1.165, 1.54) is 0 Å². The van der Waals surface area contributed by atoms with Gasteiger partial charge < -0.3 is 5.11 Å². The molecule has 1 aromatic carbocycles. The van der Waals surface area contributed by atoms with Gasteiger partial charge in [0.25, 0.3) is 0 Å². The second-order valence-corrected chi connectivity index (χ2v) is 5.63. The van der Waals surface area contributed by atoms with E-state index >= 15 is 0 Å². The molecule has 0 unspecified atom stereocenters. The predicted octanol–water partition coefficient (Wildman–Crippen LogP) is 1.92. The number of carbonyl (C=O) groups is 1. The Balaban J connectivity index is 3.02. The van der Waals surface area contributed by atoms with E-state index in [9.17, 15) is 9.90 Å². The van der Waals surface area contributed by atoms with Crippen LogP contribution in [0.3, 0.4) is 0 Å². The number of rotatable bonds is 3. The number of phenolic OH excluding ortho intramolecular Hbond substituents is 1. The van der Waals surface area contributed by atoms with Gasteiger partial charge in [-0.3, -0.25) is 10.2 Å². The molecule has 0 spiro atoms. The first-order chi connectivity index (χ1) is 8.25. The summed E-state index contributed by atoms with van der Waals surface area (Å²) in [5.41, 5.74) is 4.78. The lowest BCUT2D eigenvalue weighted by Crippen LogP contribution is -2.30. The molecule has 1 amide bonds. The molecular formula is C14H22N2O2. The number of nitrogens with one attached hydrogen (secondary N) is 1. The van der Waals surface area contributed by atoms with Crippen molar-refractivity contribution in [2.75, 3.05) is 0 Å². The molecule has 0 aliphatic carbocycles. The minimum absolute atomic E-state index is 0.124. The third-order valence-electron chi connectivity index (χ3n) is 2.97. The molecule has 0 saturated carbocycles. The summed E-state index contributed by atoms with van der Waals surface area (Å²) in [6.07, 6.45) is 0.970. The van der Waals surface area contributed by atoms with Crippen molar-refractivity contribution in [2.24, 2.45) is 5.84 Å². The normalized spacial score (nSPS) is 11.4. The average molecular weight is 250 g/mol. The van der Waals surface area contributed by atoms with Crippen LogP contribution in [0.4, 0.5) is 0 Å². The fourth-order valence-corrected chi connectivity index (χ4v) is 1.90. The molecule has 0 radical (unpaired) electrons. The molecule has 0 aromatic heterocycles. The average Bonchev–Trinajstić information content (AvgIpc) is 2.28. The minimum atomic E-state index is -0.182. The van der Waals surface area contributed by atoms with Crippen LogP contribution in [0, 0.1) is 6.92 Å². The fourth-order valence-electron chi connectivity index (χ4n) is 1.90. The van der Waals surface area contributed by atoms with Gasteiger partial charge in [0.1, 0.15) is 5.75 Å². The molecule has 1 aromatic rings. The van der Waals surface area contributed by atoms with E-state index in [2.05, 4.69) is 26.2 Å². The van der Waals surface area contributed by atoms with Crippen LogP contribution in [0.1, 0.15) is 43.9 Å². The number of benzene rings is 1. The zero-order valence-corrected chi connectivity index (χ0v) is 11.5. The van der Waals surface area contributed by atoms with Crippen molar-refractivity contribution in [1.82, 2.24) is 5.43 Å². The molecule has 100 valence electrons. The Labute approximate surface area is 108 Å². The lowest BCUT2D eigenvalue weighted by atomic mass is 9.83. The molecule has 0 aliphatic rings. The molecule has 0 atom stereocenters. The molecule has 0 fully saturated rings. The zero-order chi connectivity index (χ0) is 13.9. The van der Waals surface area contributed by atoms with E-state index in [0.717, 1.165) is 16.7 Å². The predicted molar refractivity (Wildman–Crippen MR) is 72.2 cm³/mol. The first kappa shape index (κ1) is 14.5. The van der Waals surface area contributed by atoms with Crippen LogP contribution in [0.15, 0.2) is 12.1 Å². The number of amides is 1. The van der Waals surface area contributed by atoms with Gasteiger partial charge in [-0.05, 0) is 35.4 Å². The van der Waals surface area contributed by atoms with Gasteiger partial charge in [-0.2, -0.15) is 0 Å². The summed E-state index contributed by atoms with van der Waals surface area (Å²) in [6, 6.07) is 3.88. The Morgan fingerprint density at radius 2 is 2.00 bits per heavy atom. The molecule has 0 saturated heterocycles. The topological polar surface area (TPSA) is 75.4 Å². The zero-order valence-electron chi connectivity index (χ0n) is 11.5. The summed E-state index contributed by atoms with van der Waals surface area (Å²) in [6.45, 7) is 8.03. The monoisotopic (exact) mass is 250 g/mol. The molecule has 0 heterocycles. The van der Waals surface area contributed by atoms with E-state index in [1.807, 2.05) is 19.1 Å². The highest BCUT2D eigenvalue weighted by molar-refractivity contribution is 5.75. The van der Waals surface area contributed by atoms with Gasteiger partial charge in [0, 0.05) is 6.42 Å². The van der Waals surface area contributed by atoms with Crippen LogP contribution in [-0.4, -0.2) is 11.0 Å². The molecule has 4 N–H and O–H groups in total. The van der Waals surface area contributed by atoms with Gasteiger partial charge >= 0.3 is 0 Å². The Morgan fingerprint density at radius 1 is 1.39 bits per heavy atom. The lowest BCUT2D eigenvalue weighted by Gasteiger charge is -2.22. The van der Waals surface area contributed by atoms with Gasteiger partial charge in [0.05, 0.1) is 0 Å². The van der Waals surface area contributed by atoms with Gasteiger partial charge in [-0.25, -0.2) is 5.84 Å². The van der Waals surface area contributed by atoms with Crippen molar-refractivity contribution < 1.29 is 9.90 Å². The van der Waals surface area contributed by atoms with Gasteiger partial charge in [0.15, 0.2) is 0 Å². The van der Waals surface area contributed by atoms with Gasteiger partial charge in [0.2, 0.25) is 5.91 Å². The van der Waals surface area contributed by atoms with Crippen LogP contribution in [0.2, 0.25) is 0 Å². The first-order valence-corrected chi connectivity index (χ1v) is 6.08. The lowest BCUT2D eigenvalue weighted by molar-refractivity contribution is -0.121. The summed E-state index contributed by atoms with van der Waals surface area (Å²) < 4.78 is 0. The maximum Gasteiger partial charge on any atom is 0.234 e. The number of aromatic hydroxyl groups is 1. The molecular weight excluding hydrogens is 228 g/mol. The Hall–Kier alpha value is -1.55. The molecule has 4 nitrogen and oxygen atoms in total. The summed E-state index contributed by atoms with van der Waals surface area (Å²) in [4.78, 5) is 11.1. The van der Waals surface area contributed by atoms with Crippen molar-refractivity contribution >= 4 is 5.91 Å². The van der Waals surface area contributed by atoms with Crippen LogP contribution in [0.5, 0.6) is 5.75 Å². The van der Waals surface area contributed by atoms with Crippen molar-refractivity contribution in [3.63, 3.8) is 0 Å². The van der Waals surface area contributed by atoms with E-state index in [-0.39, 0.29) is 11.3 Å². The van der Waals surface area contributed by atoms with Crippen LogP contribution < -0.4 is 11.3 Å². The third-order valence-corrected chi connectivity index (χ3v) is 2.97. The highest BCUT2D eigenvalue weighted by Crippen LogP contribution is 2.34. The molecule has 0 bridgehead atoms. The second-order valence-electron chi connectivity index (χ2n) is 5.63. The number of nitrogens with two attached hydrogens (primary N) is 1. The van der Waals surface area contributed by atoms with Crippen molar-refractivity contribution in [3.05, 3.63) is 28.8 Å². The summed E-state index contributed by atoms with van der Waals surface area (Å²) in [5, 5.41) is 10.1. The number of hydrazine groups is 1. The maximum absolute atomic E-state index is 11.1. The van der Waals surface area contributed by atoms with E-state index in [4.69, 9.17) is 5.84 Å². The van der Waals surface area contributed by atoms with Crippen LogP contribution in [0.25, 0.3) is 0 Å². The van der Waals surface area contributed by atoms with Gasteiger partial charge in [-0.15, -0.1) is 0 Å². The Morgan fingerprint density at radius 3 is 2.50 bits per heavy atom. The highest BCUT2D eigenvalue weighted by atomic mass is 16.3. The van der Waals surface area contributed by atoms with E-state index in [0.29, 0.717) is 18.6 Å². The number of hydrogen-bond acceptors (Lipinski definition) is 3. The fraction of sp³-hybridized carbons (Fsp3) is 0.500. The second kappa shape index (κ2) is 5.40. The number of hydrogen-bond donors (Lipinski definition) is 3. The molecule has 1 rings (SSSR count). The SMILES string of the molecule is Cc1cc(CCC(=O)NN)cc(C(C)(C)C)c1O. The van der Waals surface area contributed by atoms with E-state index in [1.54, 1.807) is 0 Å². The maximum atomic E-state index is 11.1.